The number of benzene rings is 1. The Kier molecular flexibility index (Phi) is 3.78. The van der Waals surface area contributed by atoms with Gasteiger partial charge in [0.05, 0.1) is 4.92 Å². The van der Waals surface area contributed by atoms with E-state index in [0.29, 0.717) is 15.6 Å². The minimum Gasteiger partial charge on any atom is -0.478 e. The topological polar surface area (TPSA) is 80.4 Å². The Morgan fingerprint density at radius 3 is 2.69 bits per heavy atom. The Balaban J connectivity index is 3.25. The third kappa shape index (κ3) is 2.90. The summed E-state index contributed by atoms with van der Waals surface area (Å²) in [4.78, 5) is 20.5. The van der Waals surface area contributed by atoms with Crippen molar-refractivity contribution in [2.75, 3.05) is 0 Å². The number of rotatable bonds is 3. The fourth-order valence-corrected chi connectivity index (χ4v) is 1.75. The monoisotopic (exact) mass is 285 g/mol. The summed E-state index contributed by atoms with van der Waals surface area (Å²) in [6.07, 6.45) is 2.23. The Labute approximate surface area is 99.7 Å². The van der Waals surface area contributed by atoms with Crippen LogP contribution in [0.3, 0.4) is 0 Å². The van der Waals surface area contributed by atoms with Gasteiger partial charge in [-0.25, -0.2) is 4.79 Å². The molecule has 0 unspecified atom stereocenters. The maximum Gasteiger partial charge on any atom is 0.328 e. The molecule has 0 radical (unpaired) electrons. The predicted molar refractivity (Wildman–Crippen MR) is 62.2 cm³/mol. The molecule has 0 aromatic heterocycles. The summed E-state index contributed by atoms with van der Waals surface area (Å²) in [5.41, 5.74) is 0.942. The number of nitro benzene ring substituents is 1. The van der Waals surface area contributed by atoms with Crippen LogP contribution in [-0.4, -0.2) is 16.0 Å². The fraction of sp³-hybridized carbons (Fsp3) is 0.100. The first-order chi connectivity index (χ1) is 7.41. The van der Waals surface area contributed by atoms with Gasteiger partial charge in [0.15, 0.2) is 0 Å². The number of aryl methyl sites for hydroxylation is 1. The quantitative estimate of drug-likeness (QED) is 0.526. The van der Waals surface area contributed by atoms with E-state index in [1.807, 2.05) is 0 Å². The van der Waals surface area contributed by atoms with Gasteiger partial charge >= 0.3 is 5.97 Å². The molecule has 0 atom stereocenters. The van der Waals surface area contributed by atoms with Gasteiger partial charge in [0, 0.05) is 22.2 Å². The van der Waals surface area contributed by atoms with Gasteiger partial charge in [0.1, 0.15) is 0 Å². The molecule has 0 amide bonds. The summed E-state index contributed by atoms with van der Waals surface area (Å²) in [5.74, 6) is -1.10. The van der Waals surface area contributed by atoms with Gasteiger partial charge in [-0.2, -0.15) is 0 Å². The Morgan fingerprint density at radius 1 is 1.56 bits per heavy atom. The van der Waals surface area contributed by atoms with Crippen molar-refractivity contribution >= 4 is 33.7 Å². The molecule has 0 saturated heterocycles. The molecule has 0 aliphatic carbocycles. The molecule has 84 valence electrons. The average molecular weight is 286 g/mol. The minimum absolute atomic E-state index is 0.0340. The number of carboxylic acids is 1. The second-order valence-corrected chi connectivity index (χ2v) is 3.94. The van der Waals surface area contributed by atoms with Gasteiger partial charge in [0.25, 0.3) is 5.69 Å². The SMILES string of the molecule is Cc1cc(Br)c(/C=C/C(=O)O)cc1[N+](=O)[O-]. The van der Waals surface area contributed by atoms with Crippen LogP contribution in [0.4, 0.5) is 5.69 Å². The molecule has 0 heterocycles. The predicted octanol–water partition coefficient (Wildman–Crippen LogP) is 2.76. The van der Waals surface area contributed by atoms with Crippen molar-refractivity contribution in [2.45, 2.75) is 6.92 Å². The van der Waals surface area contributed by atoms with Gasteiger partial charge in [0.2, 0.25) is 0 Å². The molecule has 16 heavy (non-hydrogen) atoms. The van der Waals surface area contributed by atoms with E-state index in [9.17, 15) is 14.9 Å². The number of hydrogen-bond acceptors (Lipinski definition) is 3. The van der Waals surface area contributed by atoms with E-state index in [2.05, 4.69) is 15.9 Å². The van der Waals surface area contributed by atoms with Gasteiger partial charge < -0.3 is 5.11 Å². The van der Waals surface area contributed by atoms with Crippen molar-refractivity contribution in [1.82, 2.24) is 0 Å². The van der Waals surface area contributed by atoms with Gasteiger partial charge in [-0.05, 0) is 24.6 Å². The molecular formula is C10H8BrNO4. The largest absolute Gasteiger partial charge is 0.478 e. The van der Waals surface area contributed by atoms with Crippen molar-refractivity contribution in [2.24, 2.45) is 0 Å². The van der Waals surface area contributed by atoms with Crippen LogP contribution in [0.2, 0.25) is 0 Å². The highest BCUT2D eigenvalue weighted by Crippen LogP contribution is 2.27. The van der Waals surface area contributed by atoms with Crippen LogP contribution in [0, 0.1) is 17.0 Å². The van der Waals surface area contributed by atoms with E-state index in [1.165, 1.54) is 12.1 Å². The fourth-order valence-electron chi connectivity index (χ4n) is 1.16. The highest BCUT2D eigenvalue weighted by atomic mass is 79.9. The number of nitro groups is 1. The first kappa shape index (κ1) is 12.4. The number of carboxylic acid groups (broad SMARTS) is 1. The highest BCUT2D eigenvalue weighted by molar-refractivity contribution is 9.10. The molecule has 0 saturated carbocycles. The zero-order valence-electron chi connectivity index (χ0n) is 8.31. The number of nitrogens with zero attached hydrogens (tertiary/aromatic N) is 1. The first-order valence-corrected chi connectivity index (χ1v) is 5.06. The number of aliphatic carboxylic acids is 1. The van der Waals surface area contributed by atoms with Crippen LogP contribution in [0.15, 0.2) is 22.7 Å². The third-order valence-corrected chi connectivity index (χ3v) is 2.60. The molecule has 0 fully saturated rings. The molecule has 0 aliphatic heterocycles. The lowest BCUT2D eigenvalue weighted by Gasteiger charge is -2.01. The molecule has 1 aromatic carbocycles. The molecule has 0 aliphatic rings. The van der Waals surface area contributed by atoms with Gasteiger partial charge in [-0.3, -0.25) is 10.1 Å². The molecule has 0 spiro atoms. The summed E-state index contributed by atoms with van der Waals surface area (Å²) < 4.78 is 0.619. The van der Waals surface area contributed by atoms with Crippen molar-refractivity contribution in [3.63, 3.8) is 0 Å². The second-order valence-electron chi connectivity index (χ2n) is 3.09. The summed E-state index contributed by atoms with van der Waals surface area (Å²) in [6.45, 7) is 1.62. The van der Waals surface area contributed by atoms with Gasteiger partial charge in [-0.1, -0.05) is 15.9 Å². The summed E-state index contributed by atoms with van der Waals surface area (Å²) >= 11 is 3.21. The Morgan fingerprint density at radius 2 is 2.19 bits per heavy atom. The number of halogens is 1. The highest BCUT2D eigenvalue weighted by Gasteiger charge is 2.12. The van der Waals surface area contributed by atoms with Crippen LogP contribution in [0.25, 0.3) is 6.08 Å². The molecule has 0 bridgehead atoms. The molecule has 1 N–H and O–H groups in total. The molecular weight excluding hydrogens is 278 g/mol. The summed E-state index contributed by atoms with van der Waals surface area (Å²) in [7, 11) is 0. The summed E-state index contributed by atoms with van der Waals surface area (Å²) in [5, 5.41) is 19.1. The maximum absolute atomic E-state index is 10.7. The average Bonchev–Trinajstić information content (AvgIpc) is 2.15. The second kappa shape index (κ2) is 4.89. The van der Waals surface area contributed by atoms with E-state index in [4.69, 9.17) is 5.11 Å². The lowest BCUT2D eigenvalue weighted by molar-refractivity contribution is -0.385. The van der Waals surface area contributed by atoms with Crippen molar-refractivity contribution < 1.29 is 14.8 Å². The van der Waals surface area contributed by atoms with Crippen LogP contribution in [-0.2, 0) is 4.79 Å². The van der Waals surface area contributed by atoms with Crippen LogP contribution < -0.4 is 0 Å². The lowest BCUT2D eigenvalue weighted by atomic mass is 10.1. The standard InChI is InChI=1S/C10H8BrNO4/c1-6-4-8(11)7(2-3-10(13)14)5-9(6)12(15)16/h2-5H,1H3,(H,13,14)/b3-2+. The first-order valence-electron chi connectivity index (χ1n) is 4.27. The van der Waals surface area contributed by atoms with E-state index < -0.39 is 10.9 Å². The van der Waals surface area contributed by atoms with Crippen LogP contribution >= 0.6 is 15.9 Å². The maximum atomic E-state index is 10.7. The Hall–Kier alpha value is -1.69. The number of carbonyl (C=O) groups is 1. The molecule has 1 aromatic rings. The molecule has 1 rings (SSSR count). The molecule has 6 heteroatoms. The number of hydrogen-bond donors (Lipinski definition) is 1. The summed E-state index contributed by atoms with van der Waals surface area (Å²) in [6, 6.07) is 2.92. The zero-order valence-corrected chi connectivity index (χ0v) is 9.89. The van der Waals surface area contributed by atoms with Crippen LogP contribution in [0.5, 0.6) is 0 Å². The third-order valence-electron chi connectivity index (χ3n) is 1.92. The smallest absolute Gasteiger partial charge is 0.328 e. The van der Waals surface area contributed by atoms with E-state index in [0.717, 1.165) is 6.08 Å². The normalized spacial score (nSPS) is 10.6. The van der Waals surface area contributed by atoms with E-state index in [1.54, 1.807) is 13.0 Å². The Bertz CT molecular complexity index is 482. The van der Waals surface area contributed by atoms with Crippen molar-refractivity contribution in [1.29, 1.82) is 0 Å². The zero-order chi connectivity index (χ0) is 12.3. The van der Waals surface area contributed by atoms with Crippen LogP contribution in [0.1, 0.15) is 11.1 Å². The minimum atomic E-state index is -1.10. The van der Waals surface area contributed by atoms with Crippen molar-refractivity contribution in [3.05, 3.63) is 43.9 Å². The van der Waals surface area contributed by atoms with Gasteiger partial charge in [-0.15, -0.1) is 0 Å². The molecule has 5 nitrogen and oxygen atoms in total. The van der Waals surface area contributed by atoms with E-state index >= 15 is 0 Å². The van der Waals surface area contributed by atoms with E-state index in [-0.39, 0.29) is 5.69 Å². The lowest BCUT2D eigenvalue weighted by Crippen LogP contribution is -1.93. The van der Waals surface area contributed by atoms with Crippen molar-refractivity contribution in [3.8, 4) is 0 Å².